The Morgan fingerprint density at radius 2 is 1.28 bits per heavy atom. The molecule has 1 N–H and O–H groups in total. The lowest BCUT2D eigenvalue weighted by atomic mass is 10.1. The number of unbranched alkanes of at least 4 members (excludes halogenated alkanes) is 10. The number of rotatable bonds is 13. The molecule has 0 aromatic rings. The summed E-state index contributed by atoms with van der Waals surface area (Å²) in [7, 11) is 0. The van der Waals surface area contributed by atoms with Gasteiger partial charge in [-0.15, -0.1) is 0 Å². The van der Waals surface area contributed by atoms with Gasteiger partial charge in [-0.2, -0.15) is 0 Å². The largest absolute Gasteiger partial charge is 0.481 e. The van der Waals surface area contributed by atoms with Crippen LogP contribution in [-0.2, 0) is 4.79 Å². The maximum atomic E-state index is 10.3. The van der Waals surface area contributed by atoms with Crippen molar-refractivity contribution in [3.8, 4) is 0 Å². The van der Waals surface area contributed by atoms with Crippen LogP contribution in [-0.4, -0.2) is 11.1 Å². The second kappa shape index (κ2) is 14.3. The Kier molecular flexibility index (Phi) is 13.6. The second-order valence-electron chi connectivity index (χ2n) is 5.04. The first-order valence-corrected chi connectivity index (χ1v) is 7.60. The number of carboxylic acids is 1. The van der Waals surface area contributed by atoms with Gasteiger partial charge in [0.25, 0.3) is 0 Å². The Balaban J connectivity index is 2.96. The van der Waals surface area contributed by atoms with Crippen molar-refractivity contribution >= 4 is 5.97 Å². The number of carbonyl (C=O) groups is 1. The van der Waals surface area contributed by atoms with Gasteiger partial charge in [0, 0.05) is 6.42 Å². The molecule has 0 rings (SSSR count). The Morgan fingerprint density at radius 3 is 1.72 bits per heavy atom. The molecular weight excluding hydrogens is 224 g/mol. The highest BCUT2D eigenvalue weighted by molar-refractivity contribution is 5.66. The second-order valence-corrected chi connectivity index (χ2v) is 5.04. The summed E-state index contributed by atoms with van der Waals surface area (Å²) in [4.78, 5) is 10.3. The van der Waals surface area contributed by atoms with Crippen molar-refractivity contribution in [3.63, 3.8) is 0 Å². The average molecular weight is 254 g/mol. The topological polar surface area (TPSA) is 37.3 Å². The predicted molar refractivity (Wildman–Crippen MR) is 77.9 cm³/mol. The van der Waals surface area contributed by atoms with Crippen LogP contribution in [0.2, 0.25) is 0 Å². The molecule has 2 nitrogen and oxygen atoms in total. The van der Waals surface area contributed by atoms with E-state index in [1.807, 2.05) is 0 Å². The Morgan fingerprint density at radius 1 is 0.833 bits per heavy atom. The maximum absolute atomic E-state index is 10.3. The van der Waals surface area contributed by atoms with Crippen LogP contribution in [0, 0.1) is 0 Å². The van der Waals surface area contributed by atoms with Gasteiger partial charge < -0.3 is 5.11 Å². The summed E-state index contributed by atoms with van der Waals surface area (Å²) >= 11 is 0. The standard InChI is InChI=1S/C16H30O2/c1-2-3-4-5-6-7-8-9-10-11-12-13-14-15-16(17)18/h2-3H,4-15H2,1H3,(H,17,18)/b3-2+. The Hall–Kier alpha value is -0.790. The molecular formula is C16H30O2. The zero-order valence-electron chi connectivity index (χ0n) is 12.0. The van der Waals surface area contributed by atoms with Gasteiger partial charge in [0.1, 0.15) is 0 Å². The molecule has 0 amide bonds. The van der Waals surface area contributed by atoms with Gasteiger partial charge in [0.15, 0.2) is 0 Å². The van der Waals surface area contributed by atoms with Crippen molar-refractivity contribution in [2.45, 2.75) is 84.0 Å². The molecule has 0 saturated carbocycles. The molecule has 2 heteroatoms. The molecule has 0 aliphatic heterocycles. The molecule has 0 unspecified atom stereocenters. The summed E-state index contributed by atoms with van der Waals surface area (Å²) in [6.45, 7) is 2.08. The molecule has 0 aliphatic rings. The molecule has 0 aromatic heterocycles. The third-order valence-electron chi connectivity index (χ3n) is 3.25. The third kappa shape index (κ3) is 15.2. The van der Waals surface area contributed by atoms with Crippen LogP contribution in [0.3, 0.4) is 0 Å². The molecule has 0 atom stereocenters. The van der Waals surface area contributed by atoms with Gasteiger partial charge in [-0.1, -0.05) is 63.5 Å². The minimum atomic E-state index is -0.659. The lowest BCUT2D eigenvalue weighted by molar-refractivity contribution is -0.137. The number of carboxylic acid groups (broad SMARTS) is 1. The predicted octanol–water partition coefficient (Wildman–Crippen LogP) is 5.33. The van der Waals surface area contributed by atoms with Crippen LogP contribution in [0.5, 0.6) is 0 Å². The summed E-state index contributed by atoms with van der Waals surface area (Å²) in [5.41, 5.74) is 0. The zero-order chi connectivity index (χ0) is 13.5. The Labute approximate surface area is 112 Å². The van der Waals surface area contributed by atoms with Gasteiger partial charge in [-0.25, -0.2) is 0 Å². The van der Waals surface area contributed by atoms with Gasteiger partial charge in [0.05, 0.1) is 0 Å². The summed E-state index contributed by atoms with van der Waals surface area (Å²) in [6, 6.07) is 0. The maximum Gasteiger partial charge on any atom is 0.303 e. The van der Waals surface area contributed by atoms with Crippen LogP contribution >= 0.6 is 0 Å². The number of aliphatic carboxylic acids is 1. The van der Waals surface area contributed by atoms with Gasteiger partial charge >= 0.3 is 5.97 Å². The molecule has 0 bridgehead atoms. The fourth-order valence-electron chi connectivity index (χ4n) is 2.12. The SMILES string of the molecule is C/C=C/CCCCCCCCCCCCC(=O)O. The highest BCUT2D eigenvalue weighted by atomic mass is 16.4. The fourth-order valence-corrected chi connectivity index (χ4v) is 2.12. The highest BCUT2D eigenvalue weighted by Crippen LogP contribution is 2.12. The van der Waals surface area contributed by atoms with E-state index < -0.39 is 5.97 Å². The number of hydrogen-bond acceptors (Lipinski definition) is 1. The van der Waals surface area contributed by atoms with Crippen LogP contribution in [0.1, 0.15) is 84.0 Å². The van der Waals surface area contributed by atoms with Crippen molar-refractivity contribution in [2.24, 2.45) is 0 Å². The summed E-state index contributed by atoms with van der Waals surface area (Å²) in [5.74, 6) is -0.659. The summed E-state index contributed by atoms with van der Waals surface area (Å²) < 4.78 is 0. The van der Waals surface area contributed by atoms with Gasteiger partial charge in [-0.3, -0.25) is 4.79 Å². The molecule has 0 radical (unpaired) electrons. The van der Waals surface area contributed by atoms with E-state index in [0.717, 1.165) is 12.8 Å². The summed E-state index contributed by atoms with van der Waals surface area (Å²) in [5, 5.41) is 8.49. The monoisotopic (exact) mass is 254 g/mol. The highest BCUT2D eigenvalue weighted by Gasteiger charge is 1.96. The van der Waals surface area contributed by atoms with E-state index in [2.05, 4.69) is 19.1 Å². The lowest BCUT2D eigenvalue weighted by Gasteiger charge is -2.01. The fraction of sp³-hybridized carbons (Fsp3) is 0.812. The smallest absolute Gasteiger partial charge is 0.303 e. The van der Waals surface area contributed by atoms with E-state index >= 15 is 0 Å². The normalized spacial score (nSPS) is 11.2. The molecule has 0 aliphatic carbocycles. The van der Waals surface area contributed by atoms with Crippen molar-refractivity contribution in [1.82, 2.24) is 0 Å². The molecule has 0 fully saturated rings. The van der Waals surface area contributed by atoms with Crippen molar-refractivity contribution in [3.05, 3.63) is 12.2 Å². The Bertz CT molecular complexity index is 209. The first-order chi connectivity index (χ1) is 8.77. The van der Waals surface area contributed by atoms with E-state index in [4.69, 9.17) is 5.11 Å². The van der Waals surface area contributed by atoms with Crippen LogP contribution in [0.15, 0.2) is 12.2 Å². The lowest BCUT2D eigenvalue weighted by Crippen LogP contribution is -1.93. The van der Waals surface area contributed by atoms with Gasteiger partial charge in [-0.05, 0) is 26.2 Å². The molecule has 0 heterocycles. The van der Waals surface area contributed by atoms with E-state index in [1.165, 1.54) is 57.8 Å². The van der Waals surface area contributed by atoms with Crippen LogP contribution in [0.25, 0.3) is 0 Å². The molecule has 0 aromatic carbocycles. The minimum Gasteiger partial charge on any atom is -0.481 e. The van der Waals surface area contributed by atoms with Crippen molar-refractivity contribution < 1.29 is 9.90 Å². The van der Waals surface area contributed by atoms with E-state index in [1.54, 1.807) is 0 Å². The first-order valence-electron chi connectivity index (χ1n) is 7.60. The molecule has 106 valence electrons. The van der Waals surface area contributed by atoms with E-state index in [0.29, 0.717) is 6.42 Å². The molecule has 0 saturated heterocycles. The molecule has 0 spiro atoms. The number of hydrogen-bond donors (Lipinski definition) is 1. The third-order valence-corrected chi connectivity index (χ3v) is 3.25. The van der Waals surface area contributed by atoms with Crippen molar-refractivity contribution in [1.29, 1.82) is 0 Å². The summed E-state index contributed by atoms with van der Waals surface area (Å²) in [6.07, 6.45) is 18.5. The molecule has 18 heavy (non-hydrogen) atoms. The first kappa shape index (κ1) is 17.2. The minimum absolute atomic E-state index is 0.339. The van der Waals surface area contributed by atoms with Crippen LogP contribution in [0.4, 0.5) is 0 Å². The van der Waals surface area contributed by atoms with Gasteiger partial charge in [0.2, 0.25) is 0 Å². The quantitative estimate of drug-likeness (QED) is 0.356. The number of allylic oxidation sites excluding steroid dienone is 2. The van der Waals surface area contributed by atoms with Crippen molar-refractivity contribution in [2.75, 3.05) is 0 Å². The van der Waals surface area contributed by atoms with Crippen LogP contribution < -0.4 is 0 Å². The van der Waals surface area contributed by atoms with E-state index in [9.17, 15) is 4.79 Å². The zero-order valence-corrected chi connectivity index (χ0v) is 12.0. The van der Waals surface area contributed by atoms with E-state index in [-0.39, 0.29) is 0 Å². The average Bonchev–Trinajstić information content (AvgIpc) is 2.34.